The van der Waals surface area contributed by atoms with Crippen LogP contribution in [-0.4, -0.2) is 78.9 Å². The molecule has 3 N–H and O–H groups in total. The van der Waals surface area contributed by atoms with Gasteiger partial charge < -0.3 is 15.3 Å². The second kappa shape index (κ2) is 12.6. The normalized spacial score (nSPS) is 20.8. The highest BCUT2D eigenvalue weighted by atomic mass is 32.2. The molecule has 14 heteroatoms. The minimum absolute atomic E-state index is 0.0956. The van der Waals surface area contributed by atoms with Crippen LogP contribution in [0, 0.1) is 17.7 Å². The third kappa shape index (κ3) is 7.16. The van der Waals surface area contributed by atoms with Crippen LogP contribution in [0.5, 0.6) is 5.75 Å². The third-order valence-electron chi connectivity index (χ3n) is 6.88. The van der Waals surface area contributed by atoms with E-state index in [1.807, 2.05) is 13.8 Å². The van der Waals surface area contributed by atoms with Crippen LogP contribution in [0.4, 0.5) is 4.39 Å². The van der Waals surface area contributed by atoms with Gasteiger partial charge in [0.15, 0.2) is 0 Å². The van der Waals surface area contributed by atoms with Gasteiger partial charge in [-0.05, 0) is 73.9 Å². The standard InChI is InChI=1S/C13H16FNO4S.C13H17NO5S/c1-9-3-2-6-15(8-9)20(18,19)10-4-5-12(14)11(7-10)13(16)17;1-9-3-2-6-14(8-9)20(18,19)10-4-5-12(15)11(7-10)13(16)17/h4-5,7,9H,2-3,6,8H2,1H3,(H,16,17);4-5,7,9,15H,2-3,6,8H2,1H3,(H,16,17). The van der Waals surface area contributed by atoms with Crippen molar-refractivity contribution in [2.45, 2.75) is 49.3 Å². The van der Waals surface area contributed by atoms with Crippen LogP contribution >= 0.6 is 0 Å². The molecule has 0 aliphatic carbocycles. The second-order valence-electron chi connectivity index (χ2n) is 10.2. The van der Waals surface area contributed by atoms with E-state index in [0.29, 0.717) is 26.2 Å². The number of aromatic hydroxyl groups is 1. The Morgan fingerprint density at radius 1 is 0.775 bits per heavy atom. The van der Waals surface area contributed by atoms with E-state index < -0.39 is 54.7 Å². The van der Waals surface area contributed by atoms with Gasteiger partial charge in [-0.3, -0.25) is 0 Å². The van der Waals surface area contributed by atoms with Gasteiger partial charge >= 0.3 is 11.9 Å². The van der Waals surface area contributed by atoms with Crippen molar-refractivity contribution >= 4 is 32.0 Å². The van der Waals surface area contributed by atoms with Gasteiger partial charge in [0, 0.05) is 26.2 Å². The molecule has 2 aliphatic rings. The predicted molar refractivity (Wildman–Crippen MR) is 143 cm³/mol. The van der Waals surface area contributed by atoms with E-state index in [1.54, 1.807) is 0 Å². The zero-order valence-electron chi connectivity index (χ0n) is 22.2. The molecular weight excluding hydrogens is 567 g/mol. The Hall–Kier alpha value is -3.07. The number of carboxylic acids is 2. The summed E-state index contributed by atoms with van der Waals surface area (Å²) in [5.41, 5.74) is -1.03. The number of benzene rings is 2. The van der Waals surface area contributed by atoms with E-state index in [1.165, 1.54) is 14.7 Å². The number of nitrogens with zero attached hydrogens (tertiary/aromatic N) is 2. The van der Waals surface area contributed by atoms with Gasteiger partial charge in [0.25, 0.3) is 0 Å². The Kier molecular flexibility index (Phi) is 9.93. The summed E-state index contributed by atoms with van der Waals surface area (Å²) in [4.78, 5) is 21.6. The predicted octanol–water partition coefficient (Wildman–Crippen LogP) is 3.46. The van der Waals surface area contributed by atoms with E-state index in [0.717, 1.165) is 56.0 Å². The Labute approximate surface area is 233 Å². The van der Waals surface area contributed by atoms with Crippen molar-refractivity contribution in [3.8, 4) is 5.75 Å². The average molecular weight is 601 g/mol. The molecule has 0 amide bonds. The van der Waals surface area contributed by atoms with Gasteiger partial charge in [-0.25, -0.2) is 30.8 Å². The summed E-state index contributed by atoms with van der Waals surface area (Å²) in [7, 11) is -7.47. The lowest BCUT2D eigenvalue weighted by Crippen LogP contribution is -2.39. The average Bonchev–Trinajstić information content (AvgIpc) is 2.89. The summed E-state index contributed by atoms with van der Waals surface area (Å²) in [5, 5.41) is 27.2. The Morgan fingerprint density at radius 2 is 1.20 bits per heavy atom. The zero-order chi connectivity index (χ0) is 29.8. The van der Waals surface area contributed by atoms with E-state index in [-0.39, 0.29) is 21.6 Å². The molecule has 0 saturated carbocycles. The van der Waals surface area contributed by atoms with Crippen molar-refractivity contribution in [3.63, 3.8) is 0 Å². The number of sulfonamides is 2. The molecule has 2 aromatic carbocycles. The molecular formula is C26H33FN2O9S2. The molecule has 0 radical (unpaired) electrons. The highest BCUT2D eigenvalue weighted by Crippen LogP contribution is 2.27. The molecule has 11 nitrogen and oxygen atoms in total. The van der Waals surface area contributed by atoms with Gasteiger partial charge in [-0.2, -0.15) is 8.61 Å². The first-order chi connectivity index (χ1) is 18.6. The first-order valence-electron chi connectivity index (χ1n) is 12.7. The van der Waals surface area contributed by atoms with Crippen molar-refractivity contribution in [1.82, 2.24) is 8.61 Å². The van der Waals surface area contributed by atoms with Crippen LogP contribution in [0.1, 0.15) is 60.2 Å². The van der Waals surface area contributed by atoms with Crippen molar-refractivity contribution in [3.05, 3.63) is 53.3 Å². The first kappa shape index (κ1) is 31.5. The number of carboxylic acid groups (broad SMARTS) is 2. The molecule has 2 unspecified atom stereocenters. The van der Waals surface area contributed by atoms with Crippen LogP contribution in [0.25, 0.3) is 0 Å². The van der Waals surface area contributed by atoms with Crippen molar-refractivity contribution in [2.24, 2.45) is 11.8 Å². The number of carbonyl (C=O) groups is 2. The van der Waals surface area contributed by atoms with E-state index >= 15 is 0 Å². The highest BCUT2D eigenvalue weighted by Gasteiger charge is 2.31. The minimum Gasteiger partial charge on any atom is -0.507 e. The highest BCUT2D eigenvalue weighted by molar-refractivity contribution is 7.89. The number of rotatable bonds is 6. The molecule has 0 bridgehead atoms. The monoisotopic (exact) mass is 600 g/mol. The van der Waals surface area contributed by atoms with Crippen molar-refractivity contribution in [2.75, 3.05) is 26.2 Å². The molecule has 2 saturated heterocycles. The van der Waals surface area contributed by atoms with Crippen LogP contribution in [0.15, 0.2) is 46.2 Å². The lowest BCUT2D eigenvalue weighted by Gasteiger charge is -2.30. The molecule has 2 aromatic rings. The smallest absolute Gasteiger partial charge is 0.339 e. The maximum atomic E-state index is 13.3. The molecule has 2 heterocycles. The zero-order valence-corrected chi connectivity index (χ0v) is 23.8. The Balaban J connectivity index is 0.000000220. The van der Waals surface area contributed by atoms with Crippen molar-refractivity contribution < 1.29 is 46.1 Å². The number of halogens is 1. The summed E-state index contributed by atoms with van der Waals surface area (Å²) in [6, 6.07) is 6.21. The number of aromatic carboxylic acids is 2. The van der Waals surface area contributed by atoms with Crippen LogP contribution in [-0.2, 0) is 20.0 Å². The first-order valence-corrected chi connectivity index (χ1v) is 15.6. The molecule has 2 atom stereocenters. The lowest BCUT2D eigenvalue weighted by molar-refractivity contribution is 0.0681. The molecule has 220 valence electrons. The fourth-order valence-electron chi connectivity index (χ4n) is 4.70. The molecule has 0 spiro atoms. The number of phenols is 1. The third-order valence-corrected chi connectivity index (χ3v) is 10.6. The summed E-state index contributed by atoms with van der Waals surface area (Å²) >= 11 is 0. The Morgan fingerprint density at radius 3 is 1.62 bits per heavy atom. The summed E-state index contributed by atoms with van der Waals surface area (Å²) in [5.74, 6) is -3.67. The summed E-state index contributed by atoms with van der Waals surface area (Å²) in [6.07, 6.45) is 3.52. The number of piperidine rings is 2. The lowest BCUT2D eigenvalue weighted by atomic mass is 10.0. The van der Waals surface area contributed by atoms with E-state index in [2.05, 4.69) is 0 Å². The Bertz CT molecular complexity index is 1370. The molecule has 4 rings (SSSR count). The van der Waals surface area contributed by atoms with Crippen molar-refractivity contribution in [1.29, 1.82) is 0 Å². The SMILES string of the molecule is CC1CCCN(S(=O)(=O)c2ccc(F)c(C(=O)O)c2)C1.CC1CCCN(S(=O)(=O)c2ccc(O)c(C(=O)O)c2)C1. The minimum atomic E-state index is -3.76. The van der Waals surface area contributed by atoms with E-state index in [4.69, 9.17) is 10.2 Å². The largest absolute Gasteiger partial charge is 0.507 e. The fourth-order valence-corrected chi connectivity index (χ4v) is 7.95. The second-order valence-corrected chi connectivity index (χ2v) is 14.0. The molecule has 2 fully saturated rings. The quantitative estimate of drug-likeness (QED) is 0.449. The summed E-state index contributed by atoms with van der Waals surface area (Å²) < 4.78 is 65.8. The maximum Gasteiger partial charge on any atom is 0.339 e. The number of hydrogen-bond donors (Lipinski definition) is 3. The topological polar surface area (TPSA) is 170 Å². The number of hydrogen-bond acceptors (Lipinski definition) is 7. The summed E-state index contributed by atoms with van der Waals surface area (Å²) in [6.45, 7) is 5.65. The molecule has 40 heavy (non-hydrogen) atoms. The van der Waals surface area contributed by atoms with Gasteiger partial charge in [-0.15, -0.1) is 0 Å². The van der Waals surface area contributed by atoms with Crippen LogP contribution in [0.3, 0.4) is 0 Å². The fraction of sp³-hybridized carbons (Fsp3) is 0.462. The van der Waals surface area contributed by atoms with Gasteiger partial charge in [0.05, 0.1) is 15.4 Å². The van der Waals surface area contributed by atoms with Gasteiger partial charge in [0.2, 0.25) is 20.0 Å². The van der Waals surface area contributed by atoms with Crippen LogP contribution in [0.2, 0.25) is 0 Å². The molecule has 0 aromatic heterocycles. The van der Waals surface area contributed by atoms with Crippen LogP contribution < -0.4 is 0 Å². The molecule has 2 aliphatic heterocycles. The maximum absolute atomic E-state index is 13.3. The van der Waals surface area contributed by atoms with Gasteiger partial charge in [0.1, 0.15) is 17.1 Å². The van der Waals surface area contributed by atoms with Gasteiger partial charge in [-0.1, -0.05) is 13.8 Å². The van der Waals surface area contributed by atoms with E-state index in [9.17, 15) is 35.9 Å².